The van der Waals surface area contributed by atoms with Crippen molar-refractivity contribution in [3.8, 4) is 6.07 Å². The second kappa shape index (κ2) is 4.21. The van der Waals surface area contributed by atoms with Gasteiger partial charge in [0.25, 0.3) is 0 Å². The number of aromatic nitrogens is 1. The van der Waals surface area contributed by atoms with E-state index in [1.807, 2.05) is 6.07 Å². The Labute approximate surface area is 80.8 Å². The SMILES string of the molecule is N#Cc1nc(CF)c(S)cc1CN. The van der Waals surface area contributed by atoms with E-state index in [4.69, 9.17) is 11.0 Å². The van der Waals surface area contributed by atoms with Crippen molar-refractivity contribution in [1.82, 2.24) is 4.98 Å². The molecule has 1 rings (SSSR count). The Kier molecular flexibility index (Phi) is 3.23. The van der Waals surface area contributed by atoms with Crippen molar-refractivity contribution >= 4 is 12.6 Å². The zero-order valence-electron chi connectivity index (χ0n) is 6.79. The molecule has 13 heavy (non-hydrogen) atoms. The number of nitrogens with zero attached hydrogens (tertiary/aromatic N) is 2. The highest BCUT2D eigenvalue weighted by Crippen LogP contribution is 2.17. The van der Waals surface area contributed by atoms with Crippen LogP contribution in [-0.2, 0) is 13.2 Å². The monoisotopic (exact) mass is 197 g/mol. The highest BCUT2D eigenvalue weighted by molar-refractivity contribution is 7.80. The lowest BCUT2D eigenvalue weighted by Crippen LogP contribution is -2.04. The van der Waals surface area contributed by atoms with Crippen LogP contribution in [0.15, 0.2) is 11.0 Å². The normalized spacial score (nSPS) is 9.69. The molecule has 0 aromatic carbocycles. The van der Waals surface area contributed by atoms with Crippen molar-refractivity contribution in [1.29, 1.82) is 5.26 Å². The van der Waals surface area contributed by atoms with Gasteiger partial charge in [-0.2, -0.15) is 5.26 Å². The molecular weight excluding hydrogens is 189 g/mol. The summed E-state index contributed by atoms with van der Waals surface area (Å²) in [5.41, 5.74) is 6.31. The lowest BCUT2D eigenvalue weighted by atomic mass is 10.2. The second-order valence-electron chi connectivity index (χ2n) is 2.41. The van der Waals surface area contributed by atoms with Crippen LogP contribution >= 0.6 is 12.6 Å². The van der Waals surface area contributed by atoms with Crippen LogP contribution in [0.25, 0.3) is 0 Å². The minimum Gasteiger partial charge on any atom is -0.326 e. The second-order valence-corrected chi connectivity index (χ2v) is 2.89. The summed E-state index contributed by atoms with van der Waals surface area (Å²) in [7, 11) is 0. The fraction of sp³-hybridized carbons (Fsp3) is 0.250. The van der Waals surface area contributed by atoms with Crippen LogP contribution in [0, 0.1) is 11.3 Å². The van der Waals surface area contributed by atoms with Gasteiger partial charge in [0.15, 0.2) is 0 Å². The summed E-state index contributed by atoms with van der Waals surface area (Å²) < 4.78 is 12.3. The molecule has 68 valence electrons. The molecule has 1 aromatic heterocycles. The number of thiol groups is 1. The van der Waals surface area contributed by atoms with E-state index >= 15 is 0 Å². The molecule has 1 aromatic rings. The summed E-state index contributed by atoms with van der Waals surface area (Å²) in [5.74, 6) is 0. The van der Waals surface area contributed by atoms with Gasteiger partial charge in [0.05, 0.1) is 5.69 Å². The Bertz CT molecular complexity index is 359. The maximum atomic E-state index is 12.3. The molecule has 0 spiro atoms. The molecular formula is C8H8FN3S. The topological polar surface area (TPSA) is 62.7 Å². The van der Waals surface area contributed by atoms with Gasteiger partial charge in [-0.15, -0.1) is 12.6 Å². The van der Waals surface area contributed by atoms with Gasteiger partial charge in [0, 0.05) is 17.0 Å². The van der Waals surface area contributed by atoms with E-state index in [-0.39, 0.29) is 17.9 Å². The predicted octanol–water partition coefficient (Wildman–Crippen LogP) is 1.17. The van der Waals surface area contributed by atoms with Gasteiger partial charge >= 0.3 is 0 Å². The number of alkyl halides is 1. The Morgan fingerprint density at radius 3 is 2.85 bits per heavy atom. The van der Waals surface area contributed by atoms with E-state index < -0.39 is 6.67 Å². The summed E-state index contributed by atoms with van der Waals surface area (Å²) in [6, 6.07) is 3.43. The molecule has 0 saturated heterocycles. The summed E-state index contributed by atoms with van der Waals surface area (Å²) in [6.07, 6.45) is 0. The zero-order chi connectivity index (χ0) is 9.84. The van der Waals surface area contributed by atoms with Gasteiger partial charge in [-0.25, -0.2) is 9.37 Å². The lowest BCUT2D eigenvalue weighted by Gasteiger charge is -2.04. The molecule has 0 aliphatic rings. The highest BCUT2D eigenvalue weighted by atomic mass is 32.1. The van der Waals surface area contributed by atoms with Gasteiger partial charge in [-0.3, -0.25) is 0 Å². The minimum atomic E-state index is -0.724. The standard InChI is InChI=1S/C8H8FN3S/c9-2-6-8(13)1-5(3-10)7(4-11)12-6/h1,13H,2-3,10H2. The fourth-order valence-electron chi connectivity index (χ4n) is 0.931. The Hall–Kier alpha value is -1.12. The van der Waals surface area contributed by atoms with E-state index in [2.05, 4.69) is 17.6 Å². The van der Waals surface area contributed by atoms with Gasteiger partial charge in [0.2, 0.25) is 0 Å². The maximum absolute atomic E-state index is 12.3. The Morgan fingerprint density at radius 1 is 1.69 bits per heavy atom. The van der Waals surface area contributed by atoms with Crippen LogP contribution in [0.2, 0.25) is 0 Å². The Balaban J connectivity index is 3.28. The first kappa shape index (κ1) is 9.96. The molecule has 0 aliphatic carbocycles. The van der Waals surface area contributed by atoms with E-state index in [1.54, 1.807) is 6.07 Å². The number of nitrogens with two attached hydrogens (primary N) is 1. The van der Waals surface area contributed by atoms with Crippen molar-refractivity contribution in [3.63, 3.8) is 0 Å². The molecule has 0 unspecified atom stereocenters. The maximum Gasteiger partial charge on any atom is 0.145 e. The molecule has 0 bridgehead atoms. The fourth-order valence-corrected chi connectivity index (χ4v) is 1.20. The van der Waals surface area contributed by atoms with E-state index in [0.717, 1.165) is 0 Å². The van der Waals surface area contributed by atoms with E-state index in [1.165, 1.54) is 0 Å². The average Bonchev–Trinajstić information content (AvgIpc) is 2.17. The first-order valence-corrected chi connectivity index (χ1v) is 4.05. The number of nitriles is 1. The minimum absolute atomic E-state index is 0.174. The first-order chi connectivity index (χ1) is 6.22. The summed E-state index contributed by atoms with van der Waals surface area (Å²) >= 11 is 4.02. The van der Waals surface area contributed by atoms with Crippen molar-refractivity contribution in [2.75, 3.05) is 0 Å². The third kappa shape index (κ3) is 1.97. The molecule has 0 amide bonds. The van der Waals surface area contributed by atoms with Gasteiger partial charge in [0.1, 0.15) is 18.4 Å². The van der Waals surface area contributed by atoms with Gasteiger partial charge < -0.3 is 5.73 Å². The molecule has 1 heterocycles. The number of hydrogen-bond acceptors (Lipinski definition) is 4. The number of rotatable bonds is 2. The van der Waals surface area contributed by atoms with Crippen molar-refractivity contribution < 1.29 is 4.39 Å². The van der Waals surface area contributed by atoms with Gasteiger partial charge in [-0.05, 0) is 6.07 Å². The zero-order valence-corrected chi connectivity index (χ0v) is 7.68. The summed E-state index contributed by atoms with van der Waals surface area (Å²) in [6.45, 7) is -0.519. The average molecular weight is 197 g/mol. The first-order valence-electron chi connectivity index (χ1n) is 3.60. The lowest BCUT2D eigenvalue weighted by molar-refractivity contribution is 0.469. The molecule has 3 nitrogen and oxygen atoms in total. The van der Waals surface area contributed by atoms with Crippen LogP contribution < -0.4 is 5.73 Å². The smallest absolute Gasteiger partial charge is 0.145 e. The highest BCUT2D eigenvalue weighted by Gasteiger charge is 2.07. The van der Waals surface area contributed by atoms with Crippen LogP contribution in [-0.4, -0.2) is 4.98 Å². The third-order valence-corrected chi connectivity index (χ3v) is 2.00. The molecule has 0 aliphatic heterocycles. The summed E-state index contributed by atoms with van der Waals surface area (Å²) in [4.78, 5) is 4.22. The van der Waals surface area contributed by atoms with Crippen LogP contribution in [0.3, 0.4) is 0 Å². The summed E-state index contributed by atoms with van der Waals surface area (Å²) in [5, 5.41) is 8.64. The molecule has 0 radical (unpaired) electrons. The molecule has 0 saturated carbocycles. The van der Waals surface area contributed by atoms with Crippen LogP contribution in [0.4, 0.5) is 4.39 Å². The van der Waals surface area contributed by atoms with Crippen molar-refractivity contribution in [3.05, 3.63) is 23.0 Å². The number of halogens is 1. The molecule has 2 N–H and O–H groups in total. The number of pyridine rings is 1. The molecule has 0 atom stereocenters. The molecule has 5 heteroatoms. The molecule has 0 fully saturated rings. The number of hydrogen-bond donors (Lipinski definition) is 2. The third-order valence-electron chi connectivity index (χ3n) is 1.61. The van der Waals surface area contributed by atoms with Crippen LogP contribution in [0.1, 0.15) is 17.0 Å². The van der Waals surface area contributed by atoms with Crippen LogP contribution in [0.5, 0.6) is 0 Å². The van der Waals surface area contributed by atoms with E-state index in [0.29, 0.717) is 10.5 Å². The van der Waals surface area contributed by atoms with Gasteiger partial charge in [-0.1, -0.05) is 0 Å². The van der Waals surface area contributed by atoms with E-state index in [9.17, 15) is 4.39 Å². The largest absolute Gasteiger partial charge is 0.326 e. The predicted molar refractivity (Wildman–Crippen MR) is 48.9 cm³/mol. The Morgan fingerprint density at radius 2 is 2.38 bits per heavy atom. The van der Waals surface area contributed by atoms with Crippen molar-refractivity contribution in [2.45, 2.75) is 18.1 Å². The van der Waals surface area contributed by atoms with Crippen molar-refractivity contribution in [2.24, 2.45) is 5.73 Å². The quantitative estimate of drug-likeness (QED) is 0.699.